The second kappa shape index (κ2) is 4.85. The highest BCUT2D eigenvalue weighted by Gasteiger charge is 2.15. The van der Waals surface area contributed by atoms with Crippen LogP contribution >= 0.6 is 0 Å². The number of pyridine rings is 1. The van der Waals surface area contributed by atoms with Gasteiger partial charge in [0.15, 0.2) is 5.58 Å². The Hall–Kier alpha value is -2.81. The molecule has 3 nitrogen and oxygen atoms in total. The molecule has 0 radical (unpaired) electrons. The molecule has 23 heavy (non-hydrogen) atoms. The van der Waals surface area contributed by atoms with Crippen LogP contribution in [0.2, 0.25) is 0 Å². The largest absolute Gasteiger partial charge is 0.454 e. The first-order valence-corrected chi connectivity index (χ1v) is 7.67. The minimum atomic E-state index is -0.0381. The molecule has 0 bridgehead atoms. The number of hydrogen-bond acceptors (Lipinski definition) is 2. The standard InChI is InChI=1S/C20H17NO2/c1-12-5-4-6-15(9-12)21-14(3)20-17(11-19(21)22)16-8-7-13(2)10-18(16)23-20/h4-11H,1-3H3. The van der Waals surface area contributed by atoms with Crippen molar-refractivity contribution in [1.82, 2.24) is 4.57 Å². The average Bonchev–Trinajstić information content (AvgIpc) is 2.85. The molecule has 3 heteroatoms. The van der Waals surface area contributed by atoms with Crippen molar-refractivity contribution < 1.29 is 4.42 Å². The zero-order valence-electron chi connectivity index (χ0n) is 13.4. The number of fused-ring (bicyclic) bond motifs is 3. The summed E-state index contributed by atoms with van der Waals surface area (Å²) in [6.07, 6.45) is 0. The van der Waals surface area contributed by atoms with Gasteiger partial charge in [-0.3, -0.25) is 9.36 Å². The number of rotatable bonds is 1. The topological polar surface area (TPSA) is 35.1 Å². The first-order chi connectivity index (χ1) is 11.0. The summed E-state index contributed by atoms with van der Waals surface area (Å²) in [5, 5.41) is 1.87. The van der Waals surface area contributed by atoms with E-state index in [0.29, 0.717) is 0 Å². The van der Waals surface area contributed by atoms with Crippen LogP contribution in [0.25, 0.3) is 27.6 Å². The summed E-state index contributed by atoms with van der Waals surface area (Å²) in [7, 11) is 0. The maximum atomic E-state index is 12.7. The Morgan fingerprint density at radius 1 is 0.870 bits per heavy atom. The van der Waals surface area contributed by atoms with E-state index in [1.54, 1.807) is 10.6 Å². The van der Waals surface area contributed by atoms with Gasteiger partial charge in [0.25, 0.3) is 5.56 Å². The Balaban J connectivity index is 2.11. The highest BCUT2D eigenvalue weighted by Crippen LogP contribution is 2.30. The lowest BCUT2D eigenvalue weighted by Gasteiger charge is -2.10. The maximum absolute atomic E-state index is 12.7. The number of furan rings is 1. The second-order valence-electron chi connectivity index (χ2n) is 6.09. The number of aryl methyl sites for hydroxylation is 3. The Labute approximate surface area is 133 Å². The molecule has 0 N–H and O–H groups in total. The fraction of sp³-hybridized carbons (Fsp3) is 0.150. The van der Waals surface area contributed by atoms with Gasteiger partial charge in [-0.1, -0.05) is 24.3 Å². The fourth-order valence-electron chi connectivity index (χ4n) is 3.18. The van der Waals surface area contributed by atoms with E-state index in [9.17, 15) is 4.79 Å². The molecule has 0 aliphatic heterocycles. The van der Waals surface area contributed by atoms with Crippen LogP contribution in [0.1, 0.15) is 16.8 Å². The molecule has 4 aromatic rings. The van der Waals surface area contributed by atoms with Gasteiger partial charge < -0.3 is 4.42 Å². The van der Waals surface area contributed by atoms with Gasteiger partial charge in [-0.15, -0.1) is 0 Å². The molecule has 0 aliphatic carbocycles. The monoisotopic (exact) mass is 303 g/mol. The van der Waals surface area contributed by atoms with E-state index in [0.717, 1.165) is 44.4 Å². The molecule has 0 unspecified atom stereocenters. The highest BCUT2D eigenvalue weighted by molar-refractivity contribution is 6.05. The first-order valence-electron chi connectivity index (χ1n) is 7.67. The Kier molecular flexibility index (Phi) is 2.91. The lowest BCUT2D eigenvalue weighted by Crippen LogP contribution is -2.19. The molecule has 0 fully saturated rings. The van der Waals surface area contributed by atoms with E-state index >= 15 is 0 Å². The third kappa shape index (κ3) is 2.08. The van der Waals surface area contributed by atoms with Crippen molar-refractivity contribution >= 4 is 21.9 Å². The Morgan fingerprint density at radius 3 is 2.43 bits per heavy atom. The smallest absolute Gasteiger partial charge is 0.256 e. The fourth-order valence-corrected chi connectivity index (χ4v) is 3.18. The number of nitrogens with zero attached hydrogens (tertiary/aromatic N) is 1. The highest BCUT2D eigenvalue weighted by atomic mass is 16.3. The molecule has 114 valence electrons. The van der Waals surface area contributed by atoms with Gasteiger partial charge in [-0.05, 0) is 50.1 Å². The van der Waals surface area contributed by atoms with Crippen molar-refractivity contribution in [3.63, 3.8) is 0 Å². The number of hydrogen-bond donors (Lipinski definition) is 0. The van der Waals surface area contributed by atoms with Crippen LogP contribution in [0.15, 0.2) is 57.7 Å². The molecule has 0 saturated heterocycles. The molecule has 2 aromatic carbocycles. The van der Waals surface area contributed by atoms with E-state index < -0.39 is 0 Å². The lowest BCUT2D eigenvalue weighted by molar-refractivity contribution is 0.658. The molecule has 0 aliphatic rings. The minimum Gasteiger partial charge on any atom is -0.454 e. The first kappa shape index (κ1) is 13.8. The lowest BCUT2D eigenvalue weighted by atomic mass is 10.1. The van der Waals surface area contributed by atoms with Gasteiger partial charge in [-0.25, -0.2) is 0 Å². The van der Waals surface area contributed by atoms with Crippen LogP contribution in [0.3, 0.4) is 0 Å². The third-order valence-electron chi connectivity index (χ3n) is 4.30. The van der Waals surface area contributed by atoms with Crippen molar-refractivity contribution in [2.24, 2.45) is 0 Å². The summed E-state index contributed by atoms with van der Waals surface area (Å²) >= 11 is 0. The summed E-state index contributed by atoms with van der Waals surface area (Å²) in [5.74, 6) is 0. The van der Waals surface area contributed by atoms with E-state index in [1.165, 1.54) is 0 Å². The van der Waals surface area contributed by atoms with Crippen molar-refractivity contribution in [2.45, 2.75) is 20.8 Å². The maximum Gasteiger partial charge on any atom is 0.256 e. The summed E-state index contributed by atoms with van der Waals surface area (Å²) < 4.78 is 7.76. The summed E-state index contributed by atoms with van der Waals surface area (Å²) in [5.41, 5.74) is 5.51. The van der Waals surface area contributed by atoms with Crippen LogP contribution in [0.5, 0.6) is 0 Å². The number of aromatic nitrogens is 1. The molecule has 2 heterocycles. The van der Waals surface area contributed by atoms with Crippen molar-refractivity contribution in [3.05, 3.63) is 75.7 Å². The second-order valence-corrected chi connectivity index (χ2v) is 6.09. The Bertz CT molecular complexity index is 1120. The molecule has 4 rings (SSSR count). The van der Waals surface area contributed by atoms with Gasteiger partial charge in [0, 0.05) is 22.5 Å². The summed E-state index contributed by atoms with van der Waals surface area (Å²) in [6, 6.07) is 15.7. The van der Waals surface area contributed by atoms with Crippen LogP contribution in [-0.4, -0.2) is 4.57 Å². The summed E-state index contributed by atoms with van der Waals surface area (Å²) in [6.45, 7) is 5.99. The zero-order valence-corrected chi connectivity index (χ0v) is 13.4. The normalized spacial score (nSPS) is 11.4. The van der Waals surface area contributed by atoms with Crippen molar-refractivity contribution in [1.29, 1.82) is 0 Å². The van der Waals surface area contributed by atoms with Crippen LogP contribution in [-0.2, 0) is 0 Å². The molecule has 0 spiro atoms. The van der Waals surface area contributed by atoms with Gasteiger partial charge in [0.2, 0.25) is 0 Å². The predicted molar refractivity (Wildman–Crippen MR) is 93.5 cm³/mol. The van der Waals surface area contributed by atoms with Crippen LogP contribution < -0.4 is 5.56 Å². The van der Waals surface area contributed by atoms with Gasteiger partial charge in [-0.2, -0.15) is 0 Å². The van der Waals surface area contributed by atoms with Crippen LogP contribution in [0.4, 0.5) is 0 Å². The van der Waals surface area contributed by atoms with Gasteiger partial charge >= 0.3 is 0 Å². The SMILES string of the molecule is Cc1cccc(-n2c(C)c3oc4cc(C)ccc4c3cc2=O)c1. The van der Waals surface area contributed by atoms with E-state index in [-0.39, 0.29) is 5.56 Å². The van der Waals surface area contributed by atoms with Crippen LogP contribution in [0, 0.1) is 20.8 Å². The average molecular weight is 303 g/mol. The number of benzene rings is 2. The van der Waals surface area contributed by atoms with E-state index in [4.69, 9.17) is 4.42 Å². The Morgan fingerprint density at radius 2 is 1.65 bits per heavy atom. The molecular weight excluding hydrogens is 286 g/mol. The molecule has 0 saturated carbocycles. The molecular formula is C20H17NO2. The third-order valence-corrected chi connectivity index (χ3v) is 4.30. The quantitative estimate of drug-likeness (QED) is 0.512. The molecule has 0 atom stereocenters. The van der Waals surface area contributed by atoms with Gasteiger partial charge in [0.1, 0.15) is 5.58 Å². The molecule has 2 aromatic heterocycles. The summed E-state index contributed by atoms with van der Waals surface area (Å²) in [4.78, 5) is 12.7. The predicted octanol–water partition coefficient (Wildman–Crippen LogP) is 4.66. The molecule has 0 amide bonds. The minimum absolute atomic E-state index is 0.0381. The zero-order chi connectivity index (χ0) is 16.1. The van der Waals surface area contributed by atoms with Crippen molar-refractivity contribution in [3.8, 4) is 5.69 Å². The van der Waals surface area contributed by atoms with E-state index in [2.05, 4.69) is 0 Å². The van der Waals surface area contributed by atoms with E-state index in [1.807, 2.05) is 63.2 Å². The van der Waals surface area contributed by atoms with Crippen molar-refractivity contribution in [2.75, 3.05) is 0 Å². The van der Waals surface area contributed by atoms with Gasteiger partial charge in [0.05, 0.1) is 5.69 Å².